The van der Waals surface area contributed by atoms with Crippen LogP contribution in [0.25, 0.3) is 0 Å². The Bertz CT molecular complexity index is 521. The Morgan fingerprint density at radius 2 is 2.35 bits per heavy atom. The van der Waals surface area contributed by atoms with Crippen molar-refractivity contribution in [3.05, 3.63) is 35.4 Å². The molecule has 2 rings (SSSR count). The zero-order valence-electron chi connectivity index (χ0n) is 12.1. The molecular formula is C16H21N3O. The SMILES string of the molecule is CC1CCCNC1C(=O)N(C)Cc1cccc(C#N)c1. The first-order valence-electron chi connectivity index (χ1n) is 7.09. The highest BCUT2D eigenvalue weighted by Gasteiger charge is 2.29. The quantitative estimate of drug-likeness (QED) is 0.913. The molecule has 1 amide bonds. The molecule has 106 valence electrons. The summed E-state index contributed by atoms with van der Waals surface area (Å²) in [7, 11) is 1.82. The molecule has 0 aliphatic carbocycles. The van der Waals surface area contributed by atoms with E-state index in [-0.39, 0.29) is 11.9 Å². The van der Waals surface area contributed by atoms with Crippen LogP contribution in [0.5, 0.6) is 0 Å². The minimum Gasteiger partial charge on any atom is -0.340 e. The number of carbonyl (C=O) groups excluding carboxylic acids is 1. The van der Waals surface area contributed by atoms with E-state index in [9.17, 15) is 4.79 Å². The highest BCUT2D eigenvalue weighted by atomic mass is 16.2. The van der Waals surface area contributed by atoms with Crippen LogP contribution in [0, 0.1) is 17.2 Å². The van der Waals surface area contributed by atoms with Crippen LogP contribution in [0.4, 0.5) is 0 Å². The van der Waals surface area contributed by atoms with E-state index in [4.69, 9.17) is 5.26 Å². The summed E-state index contributed by atoms with van der Waals surface area (Å²) in [5.74, 6) is 0.517. The molecule has 1 aromatic rings. The van der Waals surface area contributed by atoms with Gasteiger partial charge in [0.05, 0.1) is 17.7 Å². The topological polar surface area (TPSA) is 56.1 Å². The van der Waals surface area contributed by atoms with Crippen LogP contribution in [0.15, 0.2) is 24.3 Å². The normalized spacial score (nSPS) is 22.1. The molecule has 0 radical (unpaired) electrons. The van der Waals surface area contributed by atoms with Gasteiger partial charge >= 0.3 is 0 Å². The number of piperidine rings is 1. The Morgan fingerprint density at radius 3 is 3.05 bits per heavy atom. The van der Waals surface area contributed by atoms with Gasteiger partial charge in [-0.15, -0.1) is 0 Å². The Morgan fingerprint density at radius 1 is 1.55 bits per heavy atom. The molecule has 0 saturated carbocycles. The third kappa shape index (κ3) is 3.37. The van der Waals surface area contributed by atoms with E-state index in [0.29, 0.717) is 18.0 Å². The van der Waals surface area contributed by atoms with Crippen LogP contribution in [0.1, 0.15) is 30.9 Å². The van der Waals surface area contributed by atoms with E-state index in [1.165, 1.54) is 0 Å². The maximum Gasteiger partial charge on any atom is 0.240 e. The van der Waals surface area contributed by atoms with Gasteiger partial charge in [0, 0.05) is 13.6 Å². The monoisotopic (exact) mass is 271 g/mol. The van der Waals surface area contributed by atoms with Crippen LogP contribution in [0.2, 0.25) is 0 Å². The summed E-state index contributed by atoms with van der Waals surface area (Å²) in [6, 6.07) is 9.46. The number of benzene rings is 1. The number of carbonyl (C=O) groups is 1. The number of amides is 1. The molecule has 1 fully saturated rings. The van der Waals surface area contributed by atoms with Gasteiger partial charge in [-0.2, -0.15) is 5.26 Å². The smallest absolute Gasteiger partial charge is 0.240 e. The lowest BCUT2D eigenvalue weighted by Gasteiger charge is -2.32. The van der Waals surface area contributed by atoms with Gasteiger partial charge in [0.1, 0.15) is 0 Å². The average Bonchev–Trinajstić information content (AvgIpc) is 2.47. The molecule has 1 aliphatic heterocycles. The molecule has 4 nitrogen and oxygen atoms in total. The summed E-state index contributed by atoms with van der Waals surface area (Å²) in [6.45, 7) is 3.58. The van der Waals surface area contributed by atoms with Crippen molar-refractivity contribution in [2.45, 2.75) is 32.4 Å². The third-order valence-electron chi connectivity index (χ3n) is 3.89. The molecule has 1 aromatic carbocycles. The van der Waals surface area contributed by atoms with Crippen molar-refractivity contribution in [2.24, 2.45) is 5.92 Å². The second-order valence-electron chi connectivity index (χ2n) is 5.56. The Balaban J connectivity index is 2.01. The molecule has 4 heteroatoms. The Hall–Kier alpha value is -1.86. The highest BCUT2D eigenvalue weighted by Crippen LogP contribution is 2.18. The van der Waals surface area contributed by atoms with Gasteiger partial charge in [-0.1, -0.05) is 19.1 Å². The van der Waals surface area contributed by atoms with Gasteiger partial charge in [0.15, 0.2) is 0 Å². The minimum absolute atomic E-state index is 0.0760. The maximum atomic E-state index is 12.5. The molecule has 1 aliphatic rings. The van der Waals surface area contributed by atoms with E-state index < -0.39 is 0 Å². The molecule has 0 spiro atoms. The number of hydrogen-bond donors (Lipinski definition) is 1. The minimum atomic E-state index is -0.0760. The zero-order valence-corrected chi connectivity index (χ0v) is 12.1. The highest BCUT2D eigenvalue weighted by molar-refractivity contribution is 5.82. The number of hydrogen-bond acceptors (Lipinski definition) is 3. The van der Waals surface area contributed by atoms with Gasteiger partial charge in [0.25, 0.3) is 0 Å². The lowest BCUT2D eigenvalue weighted by atomic mass is 9.92. The fourth-order valence-electron chi connectivity index (χ4n) is 2.71. The summed E-state index contributed by atoms with van der Waals surface area (Å²) >= 11 is 0. The van der Waals surface area contributed by atoms with Crippen LogP contribution in [0.3, 0.4) is 0 Å². The first-order chi connectivity index (χ1) is 9.61. The van der Waals surface area contributed by atoms with Crippen molar-refractivity contribution in [1.82, 2.24) is 10.2 Å². The van der Waals surface area contributed by atoms with Gasteiger partial charge < -0.3 is 10.2 Å². The number of nitrogens with one attached hydrogen (secondary N) is 1. The summed E-state index contributed by atoms with van der Waals surface area (Å²) in [6.07, 6.45) is 2.24. The summed E-state index contributed by atoms with van der Waals surface area (Å²) in [5, 5.41) is 12.2. The number of nitriles is 1. The fourth-order valence-corrected chi connectivity index (χ4v) is 2.71. The first kappa shape index (κ1) is 14.5. The Labute approximate surface area is 120 Å². The van der Waals surface area contributed by atoms with Crippen LogP contribution < -0.4 is 5.32 Å². The van der Waals surface area contributed by atoms with Crippen LogP contribution in [-0.2, 0) is 11.3 Å². The lowest BCUT2D eigenvalue weighted by Crippen LogP contribution is -2.51. The summed E-state index contributed by atoms with van der Waals surface area (Å²) in [4.78, 5) is 14.2. The molecule has 20 heavy (non-hydrogen) atoms. The number of rotatable bonds is 3. The van der Waals surface area contributed by atoms with Crippen molar-refractivity contribution in [1.29, 1.82) is 5.26 Å². The summed E-state index contributed by atoms with van der Waals surface area (Å²) in [5.41, 5.74) is 1.62. The first-order valence-corrected chi connectivity index (χ1v) is 7.09. The second kappa shape index (κ2) is 6.53. The Kier molecular flexibility index (Phi) is 4.75. The standard InChI is InChI=1S/C16H21N3O/c1-12-5-4-8-18-15(12)16(20)19(2)11-14-7-3-6-13(9-14)10-17/h3,6-7,9,12,15,18H,4-5,8,11H2,1-2H3. The van der Waals surface area contributed by atoms with E-state index >= 15 is 0 Å². The van der Waals surface area contributed by atoms with Gasteiger partial charge in [-0.25, -0.2) is 0 Å². The largest absolute Gasteiger partial charge is 0.340 e. The average molecular weight is 271 g/mol. The third-order valence-corrected chi connectivity index (χ3v) is 3.89. The van der Waals surface area contributed by atoms with Crippen molar-refractivity contribution in [3.63, 3.8) is 0 Å². The van der Waals surface area contributed by atoms with Gasteiger partial charge in [0.2, 0.25) is 5.91 Å². The van der Waals surface area contributed by atoms with E-state index in [0.717, 1.165) is 24.9 Å². The number of nitrogens with zero attached hydrogens (tertiary/aromatic N) is 2. The molecule has 1 N–H and O–H groups in total. The van der Waals surface area contributed by atoms with Crippen molar-refractivity contribution < 1.29 is 4.79 Å². The van der Waals surface area contributed by atoms with Crippen molar-refractivity contribution in [2.75, 3.05) is 13.6 Å². The van der Waals surface area contributed by atoms with Crippen LogP contribution >= 0.6 is 0 Å². The molecular weight excluding hydrogens is 250 g/mol. The van der Waals surface area contributed by atoms with E-state index in [2.05, 4.69) is 18.3 Å². The predicted molar refractivity (Wildman–Crippen MR) is 77.8 cm³/mol. The molecule has 0 bridgehead atoms. The molecule has 1 saturated heterocycles. The molecule has 0 aromatic heterocycles. The fraction of sp³-hybridized carbons (Fsp3) is 0.500. The lowest BCUT2D eigenvalue weighted by molar-refractivity contribution is -0.134. The molecule has 2 unspecified atom stereocenters. The summed E-state index contributed by atoms with van der Waals surface area (Å²) < 4.78 is 0. The van der Waals surface area contributed by atoms with E-state index in [1.54, 1.807) is 11.0 Å². The maximum absolute atomic E-state index is 12.5. The molecule has 1 heterocycles. The molecule has 2 atom stereocenters. The van der Waals surface area contributed by atoms with E-state index in [1.807, 2.05) is 25.2 Å². The number of likely N-dealkylation sites (N-methyl/N-ethyl adjacent to an activating group) is 1. The zero-order chi connectivity index (χ0) is 14.5. The van der Waals surface area contributed by atoms with Crippen LogP contribution in [-0.4, -0.2) is 30.4 Å². The van der Waals surface area contributed by atoms with Crippen molar-refractivity contribution in [3.8, 4) is 6.07 Å². The van der Waals surface area contributed by atoms with Crippen molar-refractivity contribution >= 4 is 5.91 Å². The predicted octanol–water partition coefficient (Wildman–Crippen LogP) is 1.90. The second-order valence-corrected chi connectivity index (χ2v) is 5.56. The van der Waals surface area contributed by atoms with Gasteiger partial charge in [-0.05, 0) is 43.0 Å². The van der Waals surface area contributed by atoms with Gasteiger partial charge in [-0.3, -0.25) is 4.79 Å².